The topological polar surface area (TPSA) is 191 Å². The fourth-order valence-corrected chi connectivity index (χ4v) is 0.880. The quantitative estimate of drug-likeness (QED) is 0.376. The number of unbranched alkanes of at least 4 members (excludes halogenated alkanes) is 4. The van der Waals surface area contributed by atoms with E-state index in [4.69, 9.17) is 22.6 Å². The van der Waals surface area contributed by atoms with Crippen LogP contribution in [0.4, 0.5) is 0 Å². The van der Waals surface area contributed by atoms with Crippen molar-refractivity contribution in [3.63, 3.8) is 0 Å². The molecule has 0 heterocycles. The van der Waals surface area contributed by atoms with Gasteiger partial charge in [-0.1, -0.05) is 32.6 Å². The van der Waals surface area contributed by atoms with Crippen LogP contribution in [0.3, 0.4) is 0 Å². The third kappa shape index (κ3) is 68.5. The van der Waals surface area contributed by atoms with E-state index in [0.717, 1.165) is 12.8 Å². The summed E-state index contributed by atoms with van der Waals surface area (Å²) in [7, 11) is -5.17. The number of quaternary nitrogens is 2. The maximum atomic E-state index is 10.0. The van der Waals surface area contributed by atoms with Gasteiger partial charge in [-0.2, -0.15) is 0 Å². The van der Waals surface area contributed by atoms with Gasteiger partial charge in [-0.05, 0) is 6.42 Å². The summed E-state index contributed by atoms with van der Waals surface area (Å²) in [5.41, 5.74) is 0. The average Bonchev–Trinajstić information content (AvgIpc) is 2.00. The SMILES string of the molecule is CCCCCCCC(=O)O.O=S(=O)([O-])[O-].[NH4+].[NH4+]. The lowest BCUT2D eigenvalue weighted by Gasteiger charge is -2.06. The van der Waals surface area contributed by atoms with Gasteiger partial charge in [-0.15, -0.1) is 0 Å². The van der Waals surface area contributed by atoms with Crippen LogP contribution in [0.15, 0.2) is 0 Å². The van der Waals surface area contributed by atoms with Crippen LogP contribution in [0, 0.1) is 0 Å². The molecule has 0 amide bonds. The molecule has 8 nitrogen and oxygen atoms in total. The number of carbonyl (C=O) groups is 1. The molecule has 0 radical (unpaired) electrons. The molecule has 0 atom stereocenters. The second-order valence-electron chi connectivity index (χ2n) is 2.97. The van der Waals surface area contributed by atoms with Gasteiger partial charge in [0.25, 0.3) is 0 Å². The van der Waals surface area contributed by atoms with E-state index in [1.165, 1.54) is 19.3 Å². The molecule has 17 heavy (non-hydrogen) atoms. The third-order valence-corrected chi connectivity index (χ3v) is 1.49. The fourth-order valence-electron chi connectivity index (χ4n) is 0.880. The smallest absolute Gasteiger partial charge is 0.303 e. The highest BCUT2D eigenvalue weighted by Crippen LogP contribution is 2.04. The highest BCUT2D eigenvalue weighted by Gasteiger charge is 1.94. The monoisotopic (exact) mass is 276 g/mol. The number of rotatable bonds is 6. The Morgan fingerprint density at radius 2 is 1.41 bits per heavy atom. The van der Waals surface area contributed by atoms with Crippen molar-refractivity contribution in [2.24, 2.45) is 0 Å². The van der Waals surface area contributed by atoms with Gasteiger partial charge in [-0.3, -0.25) is 13.2 Å². The molecule has 0 unspecified atom stereocenters. The first-order valence-corrected chi connectivity index (χ1v) is 5.99. The zero-order chi connectivity index (χ0) is 12.3. The summed E-state index contributed by atoms with van der Waals surface area (Å²) < 4.78 is 34.1. The first-order valence-electron chi connectivity index (χ1n) is 4.66. The van der Waals surface area contributed by atoms with E-state index >= 15 is 0 Å². The highest BCUT2D eigenvalue weighted by molar-refractivity contribution is 7.79. The van der Waals surface area contributed by atoms with Gasteiger partial charge in [0.15, 0.2) is 0 Å². The lowest BCUT2D eigenvalue weighted by Crippen LogP contribution is -1.93. The largest absolute Gasteiger partial charge is 0.759 e. The van der Waals surface area contributed by atoms with Crippen LogP contribution in [0.25, 0.3) is 0 Å². The highest BCUT2D eigenvalue weighted by atomic mass is 32.3. The number of carboxylic acids is 1. The van der Waals surface area contributed by atoms with Crippen molar-refractivity contribution >= 4 is 16.4 Å². The fraction of sp³-hybridized carbons (Fsp3) is 0.875. The zero-order valence-electron chi connectivity index (χ0n) is 10.6. The van der Waals surface area contributed by atoms with E-state index in [1.54, 1.807) is 0 Å². The molecule has 0 aromatic heterocycles. The first kappa shape index (κ1) is 25.2. The summed E-state index contributed by atoms with van der Waals surface area (Å²) in [5, 5.41) is 8.27. The molecule has 0 aliphatic heterocycles. The Bertz CT molecular complexity index is 247. The third-order valence-electron chi connectivity index (χ3n) is 1.49. The molecule has 0 aliphatic carbocycles. The molecular formula is C8H24N2O6S. The van der Waals surface area contributed by atoms with Gasteiger partial charge < -0.3 is 26.5 Å². The molecule has 0 saturated carbocycles. The van der Waals surface area contributed by atoms with Crippen molar-refractivity contribution in [1.82, 2.24) is 12.3 Å². The minimum atomic E-state index is -5.17. The second kappa shape index (κ2) is 15.3. The van der Waals surface area contributed by atoms with Crippen LogP contribution in [-0.2, 0) is 15.2 Å². The Balaban J connectivity index is -0.000000105. The van der Waals surface area contributed by atoms with Gasteiger partial charge in [0.2, 0.25) is 0 Å². The van der Waals surface area contributed by atoms with E-state index in [0.29, 0.717) is 6.42 Å². The van der Waals surface area contributed by atoms with Crippen LogP contribution >= 0.6 is 0 Å². The van der Waals surface area contributed by atoms with Gasteiger partial charge in [0.1, 0.15) is 0 Å². The van der Waals surface area contributed by atoms with Crippen LogP contribution < -0.4 is 12.3 Å². The predicted octanol–water partition coefficient (Wildman–Crippen LogP) is 1.85. The molecule has 0 bridgehead atoms. The summed E-state index contributed by atoms with van der Waals surface area (Å²) in [5.74, 6) is -0.670. The average molecular weight is 276 g/mol. The van der Waals surface area contributed by atoms with Gasteiger partial charge in [0, 0.05) is 16.8 Å². The number of aliphatic carboxylic acids is 1. The summed E-state index contributed by atoms with van der Waals surface area (Å²) in [6.07, 6.45) is 5.88. The molecule has 9 N–H and O–H groups in total. The van der Waals surface area contributed by atoms with Crippen molar-refractivity contribution in [3.8, 4) is 0 Å². The Kier molecular flexibility index (Phi) is 22.6. The molecule has 0 aromatic rings. The van der Waals surface area contributed by atoms with Crippen LogP contribution in [0.2, 0.25) is 0 Å². The molecular weight excluding hydrogens is 252 g/mol. The maximum Gasteiger partial charge on any atom is 0.303 e. The van der Waals surface area contributed by atoms with Crippen molar-refractivity contribution in [3.05, 3.63) is 0 Å². The Morgan fingerprint density at radius 3 is 1.71 bits per heavy atom. The molecule has 108 valence electrons. The molecule has 0 aliphatic rings. The summed E-state index contributed by atoms with van der Waals surface area (Å²) in [6, 6.07) is 0. The van der Waals surface area contributed by atoms with Gasteiger partial charge >= 0.3 is 5.97 Å². The normalized spacial score (nSPS) is 9.12. The number of carboxylic acid groups (broad SMARTS) is 1. The predicted molar refractivity (Wildman–Crippen MR) is 63.5 cm³/mol. The second-order valence-corrected chi connectivity index (χ2v) is 3.78. The molecule has 0 aromatic carbocycles. The number of hydrogen-bond donors (Lipinski definition) is 3. The van der Waals surface area contributed by atoms with E-state index in [-0.39, 0.29) is 12.3 Å². The van der Waals surface area contributed by atoms with Crippen LogP contribution in [0.1, 0.15) is 45.4 Å². The number of hydrogen-bond acceptors (Lipinski definition) is 5. The standard InChI is InChI=1S/C8H16O2.2H3N.H2O4S/c1-2-3-4-5-6-7-8(9)10;;;1-5(2,3)4/h2-7H2,1H3,(H,9,10);2*1H3;(H2,1,2,3,4). The Labute approximate surface area is 102 Å². The first-order chi connectivity index (χ1) is 6.77. The Hall–Kier alpha value is -0.740. The van der Waals surface area contributed by atoms with E-state index in [9.17, 15) is 4.79 Å². The summed E-state index contributed by atoms with van der Waals surface area (Å²) in [4.78, 5) is 10.0. The van der Waals surface area contributed by atoms with E-state index in [2.05, 4.69) is 6.92 Å². The lowest BCUT2D eigenvalue weighted by atomic mass is 10.1. The van der Waals surface area contributed by atoms with Gasteiger partial charge in [0.05, 0.1) is 0 Å². The molecule has 9 heteroatoms. The molecule has 0 spiro atoms. The molecule has 0 saturated heterocycles. The van der Waals surface area contributed by atoms with Crippen molar-refractivity contribution in [2.45, 2.75) is 45.4 Å². The minimum absolute atomic E-state index is 0. The zero-order valence-corrected chi connectivity index (χ0v) is 11.5. The van der Waals surface area contributed by atoms with Crippen LogP contribution in [-0.4, -0.2) is 28.6 Å². The summed E-state index contributed by atoms with van der Waals surface area (Å²) >= 11 is 0. The van der Waals surface area contributed by atoms with E-state index in [1.807, 2.05) is 0 Å². The minimum Gasteiger partial charge on any atom is -0.759 e. The Morgan fingerprint density at radius 1 is 1.06 bits per heavy atom. The molecule has 0 fully saturated rings. The van der Waals surface area contributed by atoms with Gasteiger partial charge in [-0.25, -0.2) is 0 Å². The van der Waals surface area contributed by atoms with Crippen molar-refractivity contribution in [1.29, 1.82) is 0 Å². The van der Waals surface area contributed by atoms with E-state index < -0.39 is 16.4 Å². The van der Waals surface area contributed by atoms with Crippen molar-refractivity contribution < 1.29 is 27.4 Å². The summed E-state index contributed by atoms with van der Waals surface area (Å²) in [6.45, 7) is 2.15. The van der Waals surface area contributed by atoms with Crippen molar-refractivity contribution in [2.75, 3.05) is 0 Å². The van der Waals surface area contributed by atoms with Crippen LogP contribution in [0.5, 0.6) is 0 Å². The lowest BCUT2D eigenvalue weighted by molar-refractivity contribution is -0.137. The maximum absolute atomic E-state index is 10.0. The molecule has 0 rings (SSSR count).